The molecule has 0 saturated carbocycles. The van der Waals surface area contributed by atoms with E-state index in [9.17, 15) is 18.4 Å². The van der Waals surface area contributed by atoms with Crippen LogP contribution in [-0.2, 0) is 16.1 Å². The third-order valence-corrected chi connectivity index (χ3v) is 3.99. The second-order valence-corrected chi connectivity index (χ2v) is 6.00. The number of aromatic nitrogens is 2. The first-order chi connectivity index (χ1) is 13.5. The molecule has 1 heterocycles. The van der Waals surface area contributed by atoms with Crippen molar-refractivity contribution < 1.29 is 18.4 Å². The zero-order valence-corrected chi connectivity index (χ0v) is 14.9. The van der Waals surface area contributed by atoms with Gasteiger partial charge in [-0.25, -0.2) is 13.8 Å². The Labute approximate surface area is 160 Å². The summed E-state index contributed by atoms with van der Waals surface area (Å²) in [5.41, 5.74) is 0.596. The Hall–Kier alpha value is -3.55. The largest absolute Gasteiger partial charge is 0.348 e. The minimum atomic E-state index is -1.06. The van der Waals surface area contributed by atoms with Gasteiger partial charge in [-0.05, 0) is 18.6 Å². The average molecular weight is 384 g/mol. The van der Waals surface area contributed by atoms with Gasteiger partial charge in [-0.1, -0.05) is 30.3 Å². The number of amides is 2. The number of carbonyl (C=O) groups excluding carboxylic acids is 2. The van der Waals surface area contributed by atoms with Crippen LogP contribution in [0.3, 0.4) is 0 Å². The molecule has 0 radical (unpaired) electrons. The highest BCUT2D eigenvalue weighted by Gasteiger charge is 2.15. The molecule has 0 aliphatic rings. The first kappa shape index (κ1) is 19.2. The van der Waals surface area contributed by atoms with E-state index in [1.54, 1.807) is 6.20 Å². The predicted octanol–water partition coefficient (Wildman–Crippen LogP) is 2.97. The van der Waals surface area contributed by atoms with Gasteiger partial charge in [-0.3, -0.25) is 9.59 Å². The maximum absolute atomic E-state index is 13.5. The lowest BCUT2D eigenvalue weighted by atomic mass is 10.2. The van der Waals surface area contributed by atoms with Gasteiger partial charge in [0.05, 0.1) is 5.69 Å². The summed E-state index contributed by atoms with van der Waals surface area (Å²) in [5.74, 6) is -2.70. The van der Waals surface area contributed by atoms with Gasteiger partial charge in [0.1, 0.15) is 17.5 Å². The maximum Gasteiger partial charge on any atom is 0.313 e. The van der Waals surface area contributed by atoms with Crippen molar-refractivity contribution in [2.24, 2.45) is 0 Å². The molecule has 144 valence electrons. The lowest BCUT2D eigenvalue weighted by Gasteiger charge is -2.09. The number of nitrogens with zero attached hydrogens (tertiary/aromatic N) is 2. The molecule has 0 bridgehead atoms. The molecule has 6 nitrogen and oxygen atoms in total. The third kappa shape index (κ3) is 4.79. The Morgan fingerprint density at radius 1 is 1.04 bits per heavy atom. The van der Waals surface area contributed by atoms with Crippen molar-refractivity contribution in [1.82, 2.24) is 14.9 Å². The van der Waals surface area contributed by atoms with Crippen LogP contribution in [0.25, 0.3) is 11.4 Å². The van der Waals surface area contributed by atoms with E-state index >= 15 is 0 Å². The highest BCUT2D eigenvalue weighted by Crippen LogP contribution is 2.17. The van der Waals surface area contributed by atoms with Crippen LogP contribution in [0.15, 0.2) is 60.9 Å². The Kier molecular flexibility index (Phi) is 6.11. The van der Waals surface area contributed by atoms with Crippen LogP contribution in [0.5, 0.6) is 0 Å². The second kappa shape index (κ2) is 8.90. The summed E-state index contributed by atoms with van der Waals surface area (Å²) in [6, 6.07) is 12.3. The molecule has 8 heteroatoms. The van der Waals surface area contributed by atoms with Gasteiger partial charge >= 0.3 is 11.8 Å². The topological polar surface area (TPSA) is 76.0 Å². The van der Waals surface area contributed by atoms with E-state index in [-0.39, 0.29) is 12.2 Å². The molecule has 3 aromatic rings. The van der Waals surface area contributed by atoms with Crippen LogP contribution in [0.2, 0.25) is 0 Å². The molecular formula is C20H18F2N4O2. The molecule has 2 N–H and O–H groups in total. The molecule has 0 aliphatic heterocycles. The van der Waals surface area contributed by atoms with Crippen molar-refractivity contribution in [1.29, 1.82) is 0 Å². The van der Waals surface area contributed by atoms with E-state index in [1.807, 2.05) is 41.1 Å². The first-order valence-corrected chi connectivity index (χ1v) is 8.65. The Morgan fingerprint density at radius 3 is 2.61 bits per heavy atom. The van der Waals surface area contributed by atoms with Crippen molar-refractivity contribution in [3.8, 4) is 11.4 Å². The molecule has 3 rings (SSSR count). The number of nitrogens with one attached hydrogen (secondary N) is 2. The minimum Gasteiger partial charge on any atom is -0.348 e. The number of imidazole rings is 1. The van der Waals surface area contributed by atoms with Crippen LogP contribution in [0.4, 0.5) is 14.5 Å². The van der Waals surface area contributed by atoms with Crippen molar-refractivity contribution in [2.75, 3.05) is 11.9 Å². The van der Waals surface area contributed by atoms with Gasteiger partial charge in [0, 0.05) is 37.1 Å². The number of benzene rings is 2. The van der Waals surface area contributed by atoms with E-state index in [0.717, 1.165) is 29.6 Å². The number of halogens is 2. The molecule has 28 heavy (non-hydrogen) atoms. The van der Waals surface area contributed by atoms with Crippen LogP contribution in [-0.4, -0.2) is 27.9 Å². The molecule has 0 saturated heterocycles. The SMILES string of the molecule is O=C(NCCCn1ccnc1-c1ccccc1)C(=O)Nc1cc(F)ccc1F. The van der Waals surface area contributed by atoms with E-state index < -0.39 is 23.4 Å². The zero-order chi connectivity index (χ0) is 19.9. The second-order valence-electron chi connectivity index (χ2n) is 6.00. The van der Waals surface area contributed by atoms with Crippen molar-refractivity contribution in [3.05, 3.63) is 72.6 Å². The van der Waals surface area contributed by atoms with Gasteiger partial charge < -0.3 is 15.2 Å². The monoisotopic (exact) mass is 384 g/mol. The Morgan fingerprint density at radius 2 is 1.82 bits per heavy atom. The number of rotatable bonds is 6. The van der Waals surface area contributed by atoms with Gasteiger partial charge in [-0.2, -0.15) is 0 Å². The molecule has 0 aliphatic carbocycles. The van der Waals surface area contributed by atoms with Crippen molar-refractivity contribution in [3.63, 3.8) is 0 Å². The third-order valence-electron chi connectivity index (χ3n) is 3.99. The van der Waals surface area contributed by atoms with Crippen LogP contribution < -0.4 is 10.6 Å². The maximum atomic E-state index is 13.5. The minimum absolute atomic E-state index is 0.240. The fourth-order valence-corrected chi connectivity index (χ4v) is 2.64. The predicted molar refractivity (Wildman–Crippen MR) is 100 cm³/mol. The van der Waals surface area contributed by atoms with Crippen molar-refractivity contribution >= 4 is 17.5 Å². The van der Waals surface area contributed by atoms with Gasteiger partial charge in [0.15, 0.2) is 0 Å². The summed E-state index contributed by atoms with van der Waals surface area (Å²) in [7, 11) is 0. The quantitative estimate of drug-likeness (QED) is 0.507. The van der Waals surface area contributed by atoms with Gasteiger partial charge in [-0.15, -0.1) is 0 Å². The van der Waals surface area contributed by atoms with Crippen LogP contribution >= 0.6 is 0 Å². The zero-order valence-electron chi connectivity index (χ0n) is 14.9. The lowest BCUT2D eigenvalue weighted by Crippen LogP contribution is -2.36. The number of anilines is 1. The van der Waals surface area contributed by atoms with Crippen LogP contribution in [0, 0.1) is 11.6 Å². The fourth-order valence-electron chi connectivity index (χ4n) is 2.64. The first-order valence-electron chi connectivity index (χ1n) is 8.65. The van der Waals surface area contributed by atoms with E-state index in [4.69, 9.17) is 0 Å². The number of carbonyl (C=O) groups is 2. The number of hydrogen-bond donors (Lipinski definition) is 2. The summed E-state index contributed by atoms with van der Waals surface area (Å²) in [4.78, 5) is 28.0. The average Bonchev–Trinajstić information content (AvgIpc) is 3.17. The molecule has 2 aromatic carbocycles. The van der Waals surface area contributed by atoms with Crippen LogP contribution in [0.1, 0.15) is 6.42 Å². The fraction of sp³-hybridized carbons (Fsp3) is 0.150. The molecule has 0 atom stereocenters. The molecule has 0 fully saturated rings. The summed E-state index contributed by atoms with van der Waals surface area (Å²) in [5, 5.41) is 4.51. The Balaban J connectivity index is 1.48. The lowest BCUT2D eigenvalue weighted by molar-refractivity contribution is -0.136. The standard InChI is InChI=1S/C20H18F2N4O2/c21-15-7-8-16(22)17(13-15)25-20(28)19(27)24-9-4-11-26-12-10-23-18(26)14-5-2-1-3-6-14/h1-3,5-8,10,12-13H,4,9,11H2,(H,24,27)(H,25,28). The van der Waals surface area contributed by atoms with E-state index in [2.05, 4.69) is 15.6 Å². The summed E-state index contributed by atoms with van der Waals surface area (Å²) >= 11 is 0. The smallest absolute Gasteiger partial charge is 0.313 e. The van der Waals surface area contributed by atoms with Gasteiger partial charge in [0.2, 0.25) is 0 Å². The van der Waals surface area contributed by atoms with Crippen molar-refractivity contribution in [2.45, 2.75) is 13.0 Å². The summed E-state index contributed by atoms with van der Waals surface area (Å²) in [6.07, 6.45) is 4.09. The normalized spacial score (nSPS) is 10.5. The molecule has 1 aromatic heterocycles. The number of hydrogen-bond acceptors (Lipinski definition) is 3. The Bertz CT molecular complexity index is 973. The molecule has 2 amide bonds. The number of aryl methyl sites for hydroxylation is 1. The highest BCUT2D eigenvalue weighted by molar-refractivity contribution is 6.39. The van der Waals surface area contributed by atoms with Gasteiger partial charge in [0.25, 0.3) is 0 Å². The van der Waals surface area contributed by atoms with E-state index in [0.29, 0.717) is 13.0 Å². The summed E-state index contributed by atoms with van der Waals surface area (Å²) < 4.78 is 28.6. The molecule has 0 unspecified atom stereocenters. The highest BCUT2D eigenvalue weighted by atomic mass is 19.1. The molecule has 0 spiro atoms. The van der Waals surface area contributed by atoms with E-state index in [1.165, 1.54) is 0 Å². The molecular weight excluding hydrogens is 366 g/mol. The summed E-state index contributed by atoms with van der Waals surface area (Å²) in [6.45, 7) is 0.828.